The highest BCUT2D eigenvalue weighted by Gasteiger charge is 2.35. The SMILES string of the molecule is Cc1nc(NCCOC(C)(C)C)nc(NC2CCC(C(C)(C)O)C2)c1-c1nc2c(C)nccc2s1. The lowest BCUT2D eigenvalue weighted by Crippen LogP contribution is -2.30. The highest BCUT2D eigenvalue weighted by atomic mass is 32.1. The molecule has 1 fully saturated rings. The zero-order valence-electron chi connectivity index (χ0n) is 21.9. The van der Waals surface area contributed by atoms with Crippen molar-refractivity contribution in [3.63, 3.8) is 0 Å². The molecule has 0 spiro atoms. The molecule has 0 bridgehead atoms. The zero-order chi connectivity index (χ0) is 25.4. The zero-order valence-corrected chi connectivity index (χ0v) is 22.7. The maximum Gasteiger partial charge on any atom is 0.224 e. The standard InChI is InChI=1S/C26H38N6O2S/c1-15-20(23-31-21-16(2)27-11-10-19(21)35-23)22(30-18-9-8-17(14-18)26(6,7)33)32-24(29-15)28-12-13-34-25(3,4)5/h10-11,17-18,33H,8-9,12-14H2,1-7H3,(H2,28,29,30,32). The number of aromatic nitrogens is 4. The number of fused-ring (bicyclic) bond motifs is 1. The van der Waals surface area contributed by atoms with Crippen LogP contribution in [0, 0.1) is 19.8 Å². The van der Waals surface area contributed by atoms with E-state index in [-0.39, 0.29) is 17.6 Å². The van der Waals surface area contributed by atoms with Crippen molar-refractivity contribution in [3.8, 4) is 10.6 Å². The highest BCUT2D eigenvalue weighted by Crippen LogP contribution is 2.39. The number of aliphatic hydroxyl groups is 1. The molecule has 190 valence electrons. The fourth-order valence-electron chi connectivity index (χ4n) is 4.57. The Hall–Kier alpha value is -2.36. The summed E-state index contributed by atoms with van der Waals surface area (Å²) in [6, 6.07) is 2.23. The predicted molar refractivity (Wildman–Crippen MR) is 143 cm³/mol. The third kappa shape index (κ3) is 6.26. The first kappa shape index (κ1) is 25.7. The van der Waals surface area contributed by atoms with Gasteiger partial charge in [0.1, 0.15) is 16.3 Å². The Balaban J connectivity index is 1.64. The van der Waals surface area contributed by atoms with Crippen molar-refractivity contribution in [2.75, 3.05) is 23.8 Å². The van der Waals surface area contributed by atoms with E-state index in [1.165, 1.54) is 0 Å². The minimum atomic E-state index is -0.682. The van der Waals surface area contributed by atoms with Gasteiger partial charge in [-0.3, -0.25) is 4.98 Å². The molecule has 0 aliphatic heterocycles. The molecule has 0 aromatic carbocycles. The first-order valence-corrected chi connectivity index (χ1v) is 13.2. The van der Waals surface area contributed by atoms with Crippen LogP contribution in [0.4, 0.5) is 11.8 Å². The van der Waals surface area contributed by atoms with Gasteiger partial charge in [0.2, 0.25) is 5.95 Å². The van der Waals surface area contributed by atoms with Gasteiger partial charge in [-0.25, -0.2) is 9.97 Å². The third-order valence-corrected chi connectivity index (χ3v) is 7.52. The van der Waals surface area contributed by atoms with E-state index in [0.717, 1.165) is 57.3 Å². The van der Waals surface area contributed by atoms with Crippen molar-refractivity contribution in [3.05, 3.63) is 23.7 Å². The summed E-state index contributed by atoms with van der Waals surface area (Å²) in [5.74, 6) is 1.61. The van der Waals surface area contributed by atoms with Gasteiger partial charge in [-0.05, 0) is 79.7 Å². The first-order valence-electron chi connectivity index (χ1n) is 12.4. The van der Waals surface area contributed by atoms with Crippen molar-refractivity contribution in [1.29, 1.82) is 0 Å². The number of nitrogens with one attached hydrogen (secondary N) is 2. The minimum Gasteiger partial charge on any atom is -0.390 e. The third-order valence-electron chi connectivity index (χ3n) is 6.49. The smallest absolute Gasteiger partial charge is 0.224 e. The fraction of sp³-hybridized carbons (Fsp3) is 0.615. The second-order valence-electron chi connectivity index (χ2n) is 11.0. The van der Waals surface area contributed by atoms with Crippen molar-refractivity contribution < 1.29 is 9.84 Å². The Kier molecular flexibility index (Phi) is 7.31. The molecule has 0 radical (unpaired) electrons. The van der Waals surface area contributed by atoms with Crippen LogP contribution in [0.3, 0.4) is 0 Å². The average Bonchev–Trinajstić information content (AvgIpc) is 3.38. The normalized spacial score (nSPS) is 18.9. The Morgan fingerprint density at radius 3 is 2.51 bits per heavy atom. The van der Waals surface area contributed by atoms with E-state index < -0.39 is 5.60 Å². The van der Waals surface area contributed by atoms with E-state index in [4.69, 9.17) is 19.7 Å². The summed E-state index contributed by atoms with van der Waals surface area (Å²) in [7, 11) is 0. The van der Waals surface area contributed by atoms with Crippen LogP contribution < -0.4 is 10.6 Å². The molecule has 1 aliphatic rings. The lowest BCUT2D eigenvalue weighted by Gasteiger charge is -2.25. The van der Waals surface area contributed by atoms with Crippen LogP contribution in [-0.2, 0) is 4.74 Å². The summed E-state index contributed by atoms with van der Waals surface area (Å²) >= 11 is 1.63. The number of hydrogen-bond acceptors (Lipinski definition) is 9. The summed E-state index contributed by atoms with van der Waals surface area (Å²) in [5.41, 5.74) is 2.76. The molecule has 35 heavy (non-hydrogen) atoms. The largest absolute Gasteiger partial charge is 0.390 e. The van der Waals surface area contributed by atoms with Crippen molar-refractivity contribution in [2.45, 2.75) is 85.0 Å². The van der Waals surface area contributed by atoms with E-state index >= 15 is 0 Å². The van der Waals surface area contributed by atoms with Crippen LogP contribution in [0.1, 0.15) is 65.3 Å². The molecule has 3 N–H and O–H groups in total. The molecule has 2 atom stereocenters. The molecule has 1 aliphatic carbocycles. The van der Waals surface area contributed by atoms with Gasteiger partial charge in [0.15, 0.2) is 0 Å². The molecule has 8 nitrogen and oxygen atoms in total. The average molecular weight is 499 g/mol. The van der Waals surface area contributed by atoms with Crippen molar-refractivity contribution in [1.82, 2.24) is 19.9 Å². The Morgan fingerprint density at radius 2 is 1.86 bits per heavy atom. The molecular weight excluding hydrogens is 460 g/mol. The molecule has 0 saturated heterocycles. The van der Waals surface area contributed by atoms with Crippen LogP contribution in [0.5, 0.6) is 0 Å². The van der Waals surface area contributed by atoms with Crippen molar-refractivity contribution >= 4 is 33.3 Å². The van der Waals surface area contributed by atoms with Gasteiger partial charge in [-0.2, -0.15) is 4.98 Å². The summed E-state index contributed by atoms with van der Waals surface area (Å²) in [5, 5.41) is 18.4. The van der Waals surface area contributed by atoms with Crippen LogP contribution >= 0.6 is 11.3 Å². The molecule has 4 rings (SSSR count). The van der Waals surface area contributed by atoms with E-state index in [1.54, 1.807) is 11.3 Å². The molecule has 1 saturated carbocycles. The first-order chi connectivity index (χ1) is 16.4. The summed E-state index contributed by atoms with van der Waals surface area (Å²) in [6.45, 7) is 15.1. The number of ether oxygens (including phenoxy) is 1. The molecule has 9 heteroatoms. The predicted octanol–water partition coefficient (Wildman–Crippen LogP) is 5.34. The van der Waals surface area contributed by atoms with Gasteiger partial charge in [0.05, 0.1) is 39.5 Å². The Bertz CT molecular complexity index is 1180. The van der Waals surface area contributed by atoms with Crippen LogP contribution in [0.2, 0.25) is 0 Å². The van der Waals surface area contributed by atoms with Gasteiger partial charge in [-0.1, -0.05) is 0 Å². The highest BCUT2D eigenvalue weighted by molar-refractivity contribution is 7.21. The maximum absolute atomic E-state index is 10.5. The van der Waals surface area contributed by atoms with Gasteiger partial charge >= 0.3 is 0 Å². The second-order valence-corrected chi connectivity index (χ2v) is 12.0. The van der Waals surface area contributed by atoms with Crippen LogP contribution in [0.25, 0.3) is 20.8 Å². The molecular formula is C26H38N6O2S. The van der Waals surface area contributed by atoms with E-state index in [9.17, 15) is 5.11 Å². The number of nitrogens with zero attached hydrogens (tertiary/aromatic N) is 4. The lowest BCUT2D eigenvalue weighted by atomic mass is 9.89. The van der Waals surface area contributed by atoms with Gasteiger partial charge in [-0.15, -0.1) is 11.3 Å². The molecule has 3 heterocycles. The van der Waals surface area contributed by atoms with Crippen molar-refractivity contribution in [2.24, 2.45) is 5.92 Å². The summed E-state index contributed by atoms with van der Waals surface area (Å²) in [4.78, 5) is 19.0. The number of hydrogen-bond donors (Lipinski definition) is 3. The van der Waals surface area contributed by atoms with E-state index in [1.807, 2.05) is 60.7 Å². The topological polar surface area (TPSA) is 105 Å². The molecule has 0 amide bonds. The maximum atomic E-state index is 10.5. The van der Waals surface area contributed by atoms with E-state index in [0.29, 0.717) is 19.1 Å². The number of rotatable bonds is 8. The number of pyridine rings is 1. The van der Waals surface area contributed by atoms with Gasteiger partial charge in [0.25, 0.3) is 0 Å². The van der Waals surface area contributed by atoms with Crippen LogP contribution in [0.15, 0.2) is 12.3 Å². The number of aryl methyl sites for hydroxylation is 2. The quantitative estimate of drug-likeness (QED) is 0.357. The number of thiazole rings is 1. The lowest BCUT2D eigenvalue weighted by molar-refractivity contribution is 0.00327. The Morgan fingerprint density at radius 1 is 1.09 bits per heavy atom. The minimum absolute atomic E-state index is 0.186. The molecule has 3 aromatic rings. The van der Waals surface area contributed by atoms with E-state index in [2.05, 4.69) is 15.6 Å². The monoisotopic (exact) mass is 498 g/mol. The Labute approximate surface area is 212 Å². The summed E-state index contributed by atoms with van der Waals surface area (Å²) < 4.78 is 6.93. The second kappa shape index (κ2) is 9.95. The summed E-state index contributed by atoms with van der Waals surface area (Å²) in [6.07, 6.45) is 4.70. The van der Waals surface area contributed by atoms with Crippen LogP contribution in [-0.4, -0.2) is 55.4 Å². The molecule has 2 unspecified atom stereocenters. The fourth-order valence-corrected chi connectivity index (χ4v) is 5.68. The van der Waals surface area contributed by atoms with Gasteiger partial charge in [0, 0.05) is 18.8 Å². The molecule has 3 aromatic heterocycles. The van der Waals surface area contributed by atoms with Gasteiger partial charge < -0.3 is 20.5 Å². The number of anilines is 2.